The molecule has 102 valence electrons. The zero-order valence-electron chi connectivity index (χ0n) is 12.8. The van der Waals surface area contributed by atoms with Gasteiger partial charge in [0.2, 0.25) is 0 Å². The number of rotatable bonds is 7. The highest BCUT2D eigenvalue weighted by molar-refractivity contribution is 5.86. The Morgan fingerprint density at radius 2 is 1.47 bits per heavy atom. The van der Waals surface area contributed by atoms with Gasteiger partial charge in [-0.25, -0.2) is 0 Å². The van der Waals surface area contributed by atoms with E-state index in [1.54, 1.807) is 0 Å². The fraction of sp³-hybridized carbons (Fsp3) is 0.933. The van der Waals surface area contributed by atoms with Crippen LogP contribution in [0.1, 0.15) is 66.2 Å². The van der Waals surface area contributed by atoms with Crippen molar-refractivity contribution >= 4 is 5.84 Å². The van der Waals surface area contributed by atoms with Gasteiger partial charge >= 0.3 is 0 Å². The van der Waals surface area contributed by atoms with Gasteiger partial charge in [0.1, 0.15) is 5.84 Å². The normalized spacial score (nSPS) is 12.9. The Balaban J connectivity index is 3.87. The van der Waals surface area contributed by atoms with Gasteiger partial charge in [-0.2, -0.15) is 0 Å². The molecular weight excluding hydrogens is 208 g/mol. The Bertz CT molecular complexity index is 211. The van der Waals surface area contributed by atoms with E-state index in [9.17, 15) is 0 Å². The second-order valence-electron chi connectivity index (χ2n) is 6.12. The lowest BCUT2D eigenvalue weighted by molar-refractivity contribution is 0.476. The Hall–Kier alpha value is -0.530. The van der Waals surface area contributed by atoms with Crippen molar-refractivity contribution < 1.29 is 0 Å². The minimum atomic E-state index is 0.158. The van der Waals surface area contributed by atoms with Crippen molar-refractivity contribution in [2.24, 2.45) is 10.4 Å². The summed E-state index contributed by atoms with van der Waals surface area (Å²) < 4.78 is 0. The van der Waals surface area contributed by atoms with Crippen molar-refractivity contribution in [2.45, 2.75) is 66.2 Å². The molecule has 0 unspecified atom stereocenters. The Morgan fingerprint density at radius 1 is 0.941 bits per heavy atom. The van der Waals surface area contributed by atoms with Crippen molar-refractivity contribution in [3.8, 4) is 0 Å². The van der Waals surface area contributed by atoms with E-state index in [1.807, 2.05) is 0 Å². The van der Waals surface area contributed by atoms with Crippen LogP contribution in [0.25, 0.3) is 0 Å². The molecule has 0 saturated carbocycles. The van der Waals surface area contributed by atoms with Gasteiger partial charge in [0.05, 0.1) is 0 Å². The summed E-state index contributed by atoms with van der Waals surface area (Å²) in [6.07, 6.45) is 8.03. The number of hydrogen-bond acceptors (Lipinski definition) is 1. The van der Waals surface area contributed by atoms with Gasteiger partial charge in [-0.05, 0) is 6.42 Å². The molecule has 17 heavy (non-hydrogen) atoms. The lowest BCUT2D eigenvalue weighted by atomic mass is 9.94. The molecule has 0 saturated heterocycles. The maximum absolute atomic E-state index is 4.75. The van der Waals surface area contributed by atoms with Crippen molar-refractivity contribution in [3.63, 3.8) is 0 Å². The predicted octanol–water partition coefficient (Wildman–Crippen LogP) is 4.35. The molecule has 0 heterocycles. The minimum absolute atomic E-state index is 0.158. The molecule has 0 atom stereocenters. The quantitative estimate of drug-likeness (QED) is 0.367. The van der Waals surface area contributed by atoms with E-state index in [0.717, 1.165) is 6.54 Å². The van der Waals surface area contributed by atoms with E-state index in [1.165, 1.54) is 44.4 Å². The first-order chi connectivity index (χ1) is 7.89. The fourth-order valence-electron chi connectivity index (χ4n) is 2.13. The zero-order valence-corrected chi connectivity index (χ0v) is 12.8. The topological polar surface area (TPSA) is 15.6 Å². The molecule has 0 aliphatic carbocycles. The molecule has 0 spiro atoms. The molecule has 0 aliphatic rings. The van der Waals surface area contributed by atoms with Gasteiger partial charge in [-0.15, -0.1) is 0 Å². The summed E-state index contributed by atoms with van der Waals surface area (Å²) in [5.74, 6) is 1.21. The molecule has 0 aliphatic heterocycles. The van der Waals surface area contributed by atoms with E-state index < -0.39 is 0 Å². The molecule has 0 N–H and O–H groups in total. The number of unbranched alkanes of at least 4 members (excludes halogenated alkanes) is 5. The average molecular weight is 240 g/mol. The number of hydrogen-bond donors (Lipinski definition) is 0. The first-order valence-corrected chi connectivity index (χ1v) is 7.11. The minimum Gasteiger partial charge on any atom is -0.366 e. The summed E-state index contributed by atoms with van der Waals surface area (Å²) in [4.78, 5) is 6.90. The molecule has 0 fully saturated rings. The molecule has 0 aromatic heterocycles. The van der Waals surface area contributed by atoms with Gasteiger partial charge in [0.25, 0.3) is 0 Å². The van der Waals surface area contributed by atoms with Gasteiger partial charge < -0.3 is 4.90 Å². The molecule has 0 aromatic carbocycles. The molecule has 0 rings (SSSR count). The molecule has 0 bridgehead atoms. The van der Waals surface area contributed by atoms with Crippen LogP contribution >= 0.6 is 0 Å². The fourth-order valence-corrected chi connectivity index (χ4v) is 2.13. The SMILES string of the molecule is CCCCCCCCN=C(N(C)C)C(C)(C)C. The van der Waals surface area contributed by atoms with Crippen LogP contribution in [0, 0.1) is 5.41 Å². The largest absolute Gasteiger partial charge is 0.366 e. The summed E-state index contributed by atoms with van der Waals surface area (Å²) in [5.41, 5.74) is 0.158. The Labute approximate surface area is 109 Å². The molecule has 0 aromatic rings. The average Bonchev–Trinajstić information content (AvgIpc) is 2.19. The second kappa shape index (κ2) is 8.54. The zero-order chi connectivity index (χ0) is 13.3. The third kappa shape index (κ3) is 8.23. The van der Waals surface area contributed by atoms with Crippen LogP contribution in [0.3, 0.4) is 0 Å². The van der Waals surface area contributed by atoms with E-state index in [-0.39, 0.29) is 5.41 Å². The van der Waals surface area contributed by atoms with Crippen LogP contribution in [0.15, 0.2) is 4.99 Å². The van der Waals surface area contributed by atoms with Gasteiger partial charge in [-0.1, -0.05) is 59.8 Å². The molecular formula is C15H32N2. The molecule has 0 amide bonds. The van der Waals surface area contributed by atoms with Crippen molar-refractivity contribution in [3.05, 3.63) is 0 Å². The van der Waals surface area contributed by atoms with Crippen LogP contribution in [0.5, 0.6) is 0 Å². The maximum Gasteiger partial charge on any atom is 0.104 e. The third-order valence-electron chi connectivity index (χ3n) is 2.87. The highest BCUT2D eigenvalue weighted by Gasteiger charge is 2.20. The van der Waals surface area contributed by atoms with Crippen LogP contribution < -0.4 is 0 Å². The van der Waals surface area contributed by atoms with Crippen LogP contribution in [-0.2, 0) is 0 Å². The van der Waals surface area contributed by atoms with E-state index in [4.69, 9.17) is 4.99 Å². The summed E-state index contributed by atoms with van der Waals surface area (Å²) in [5, 5.41) is 0. The van der Waals surface area contributed by atoms with Crippen LogP contribution in [-0.4, -0.2) is 31.4 Å². The van der Waals surface area contributed by atoms with Crippen LogP contribution in [0.2, 0.25) is 0 Å². The summed E-state index contributed by atoms with van der Waals surface area (Å²) in [6, 6.07) is 0. The highest BCUT2D eigenvalue weighted by Crippen LogP contribution is 2.17. The monoisotopic (exact) mass is 240 g/mol. The summed E-state index contributed by atoms with van der Waals surface area (Å²) in [6.45, 7) is 9.93. The van der Waals surface area contributed by atoms with E-state index >= 15 is 0 Å². The number of amidine groups is 1. The summed E-state index contributed by atoms with van der Waals surface area (Å²) >= 11 is 0. The first kappa shape index (κ1) is 16.5. The van der Waals surface area contributed by atoms with Gasteiger partial charge in [-0.3, -0.25) is 4.99 Å². The lowest BCUT2D eigenvalue weighted by Crippen LogP contribution is -2.34. The summed E-state index contributed by atoms with van der Waals surface area (Å²) in [7, 11) is 4.18. The van der Waals surface area contributed by atoms with Crippen molar-refractivity contribution in [1.29, 1.82) is 0 Å². The first-order valence-electron chi connectivity index (χ1n) is 7.11. The standard InChI is InChI=1S/C15H32N2/c1-7-8-9-10-11-12-13-16-14(17(5)6)15(2,3)4/h7-13H2,1-6H3. The lowest BCUT2D eigenvalue weighted by Gasteiger charge is -2.27. The van der Waals surface area contributed by atoms with Gasteiger partial charge in [0, 0.05) is 26.1 Å². The molecule has 0 radical (unpaired) electrons. The third-order valence-corrected chi connectivity index (χ3v) is 2.87. The smallest absolute Gasteiger partial charge is 0.104 e. The molecule has 2 heteroatoms. The van der Waals surface area contributed by atoms with Crippen molar-refractivity contribution in [2.75, 3.05) is 20.6 Å². The number of nitrogens with zero attached hydrogens (tertiary/aromatic N) is 2. The Morgan fingerprint density at radius 3 is 1.94 bits per heavy atom. The van der Waals surface area contributed by atoms with Crippen LogP contribution in [0.4, 0.5) is 0 Å². The second-order valence-corrected chi connectivity index (χ2v) is 6.12. The predicted molar refractivity (Wildman–Crippen MR) is 78.8 cm³/mol. The van der Waals surface area contributed by atoms with E-state index in [0.29, 0.717) is 0 Å². The number of aliphatic imine (C=N–C) groups is 1. The Kier molecular flexibility index (Phi) is 8.28. The maximum atomic E-state index is 4.75. The van der Waals surface area contributed by atoms with E-state index in [2.05, 4.69) is 46.7 Å². The van der Waals surface area contributed by atoms with Gasteiger partial charge in [0.15, 0.2) is 0 Å². The highest BCUT2D eigenvalue weighted by atomic mass is 15.1. The molecule has 2 nitrogen and oxygen atoms in total. The van der Waals surface area contributed by atoms with Crippen molar-refractivity contribution in [1.82, 2.24) is 4.90 Å².